The van der Waals surface area contributed by atoms with E-state index >= 15 is 0 Å². The first-order valence-corrected chi connectivity index (χ1v) is 11.1. The molecule has 0 saturated carbocycles. The second-order valence-electron chi connectivity index (χ2n) is 7.10. The molecule has 1 heteroatoms. The molecule has 0 fully saturated rings. The van der Waals surface area contributed by atoms with Crippen molar-refractivity contribution in [3.8, 4) is 0 Å². The van der Waals surface area contributed by atoms with Gasteiger partial charge in [-0.3, -0.25) is 0 Å². The third kappa shape index (κ3) is 19.5. The van der Waals surface area contributed by atoms with E-state index in [2.05, 4.69) is 91.6 Å². The van der Waals surface area contributed by atoms with E-state index in [1.165, 1.54) is 43.5 Å². The van der Waals surface area contributed by atoms with Gasteiger partial charge in [0.05, 0.1) is 0 Å². The quantitative estimate of drug-likeness (QED) is 0.470. The van der Waals surface area contributed by atoms with E-state index in [1.54, 1.807) is 0 Å². The summed E-state index contributed by atoms with van der Waals surface area (Å²) in [6.07, 6.45) is 4.94. The molecule has 26 heavy (non-hydrogen) atoms. The zero-order valence-electron chi connectivity index (χ0n) is 20.2. The lowest BCUT2D eigenvalue weighted by Gasteiger charge is -2.10. The number of hydrogen-bond donors (Lipinski definition) is 0. The Morgan fingerprint density at radius 3 is 1.50 bits per heavy atom. The van der Waals surface area contributed by atoms with Gasteiger partial charge >= 0.3 is 0 Å². The zero-order chi connectivity index (χ0) is 21.0. The molecule has 1 unspecified atom stereocenters. The molecule has 156 valence electrons. The van der Waals surface area contributed by atoms with Crippen LogP contribution in [-0.4, -0.2) is 25.0 Å². The number of benzene rings is 1. The lowest BCUT2D eigenvalue weighted by Crippen LogP contribution is -2.17. The minimum absolute atomic E-state index is 0.705. The Kier molecular flexibility index (Phi) is 25.6. The highest BCUT2D eigenvalue weighted by Gasteiger charge is 2.00. The fourth-order valence-electron chi connectivity index (χ4n) is 1.86. The average molecular weight is 366 g/mol. The van der Waals surface area contributed by atoms with E-state index < -0.39 is 0 Å². The van der Waals surface area contributed by atoms with Gasteiger partial charge in [0, 0.05) is 0 Å². The van der Waals surface area contributed by atoms with Crippen LogP contribution in [0.4, 0.5) is 0 Å². The van der Waals surface area contributed by atoms with Gasteiger partial charge in [-0.1, -0.05) is 99.9 Å². The monoisotopic (exact) mass is 365 g/mol. The number of hydrogen-bond acceptors (Lipinski definition) is 1. The molecule has 0 heterocycles. The van der Waals surface area contributed by atoms with Gasteiger partial charge in [-0.2, -0.15) is 0 Å². The van der Waals surface area contributed by atoms with E-state index in [9.17, 15) is 0 Å². The predicted molar refractivity (Wildman–Crippen MR) is 124 cm³/mol. The van der Waals surface area contributed by atoms with Crippen LogP contribution in [0.3, 0.4) is 0 Å². The molecule has 0 aliphatic carbocycles. The fraction of sp³-hybridized carbons (Fsp3) is 0.760. The summed E-state index contributed by atoms with van der Waals surface area (Å²) in [6, 6.07) is 8.99. The smallest absolute Gasteiger partial charge is 0.00245 e. The van der Waals surface area contributed by atoms with Crippen LogP contribution in [0, 0.1) is 5.92 Å². The molecule has 0 bridgehead atoms. The highest BCUT2D eigenvalue weighted by molar-refractivity contribution is 5.24. The van der Waals surface area contributed by atoms with Gasteiger partial charge in [-0.25, -0.2) is 0 Å². The first-order chi connectivity index (χ1) is 12.4. The Hall–Kier alpha value is -0.820. The SMILES string of the molecule is CC.CCC(C)C.CCCN(C)CC.CCc1ccc(C(C)CC)cc1. The van der Waals surface area contributed by atoms with Gasteiger partial charge < -0.3 is 4.90 Å². The van der Waals surface area contributed by atoms with Crippen LogP contribution in [0.1, 0.15) is 106 Å². The maximum atomic E-state index is 2.31. The van der Waals surface area contributed by atoms with Crippen molar-refractivity contribution in [2.75, 3.05) is 20.1 Å². The largest absolute Gasteiger partial charge is 0.307 e. The molecule has 0 aliphatic heterocycles. The highest BCUT2D eigenvalue weighted by atomic mass is 15.1. The van der Waals surface area contributed by atoms with Crippen LogP contribution >= 0.6 is 0 Å². The first kappa shape index (κ1) is 29.9. The van der Waals surface area contributed by atoms with Gasteiger partial charge in [-0.15, -0.1) is 0 Å². The summed E-state index contributed by atoms with van der Waals surface area (Å²) < 4.78 is 0. The second kappa shape index (κ2) is 22.2. The van der Waals surface area contributed by atoms with Crippen molar-refractivity contribution >= 4 is 0 Å². The summed E-state index contributed by atoms with van der Waals surface area (Å²) in [6.45, 7) is 24.1. The van der Waals surface area contributed by atoms with Gasteiger partial charge in [0.15, 0.2) is 0 Å². The summed E-state index contributed by atoms with van der Waals surface area (Å²) in [4.78, 5) is 2.31. The van der Waals surface area contributed by atoms with E-state index in [1.807, 2.05) is 13.8 Å². The topological polar surface area (TPSA) is 3.24 Å². The van der Waals surface area contributed by atoms with Crippen molar-refractivity contribution in [3.63, 3.8) is 0 Å². The van der Waals surface area contributed by atoms with E-state index in [0.29, 0.717) is 5.92 Å². The molecule has 1 rings (SSSR count). The molecule has 1 atom stereocenters. The number of aryl methyl sites for hydroxylation is 1. The van der Waals surface area contributed by atoms with Crippen LogP contribution in [0.25, 0.3) is 0 Å². The Morgan fingerprint density at radius 1 is 0.808 bits per heavy atom. The molecular weight excluding hydrogens is 314 g/mol. The average Bonchev–Trinajstić information content (AvgIpc) is 2.70. The summed E-state index contributed by atoms with van der Waals surface area (Å²) in [5.41, 5.74) is 2.90. The third-order valence-corrected chi connectivity index (χ3v) is 4.53. The van der Waals surface area contributed by atoms with Crippen molar-refractivity contribution in [3.05, 3.63) is 35.4 Å². The Balaban J connectivity index is -0.000000323. The standard InChI is InChI=1S/C12H18.C6H15N.C5H12.C2H6/c1-4-10(3)12-8-6-11(5-2)7-9-12;1-4-6-7(3)5-2;1-4-5(2)3;1-2/h6-10H,4-5H2,1-3H3;4-6H2,1-3H3;5H,4H2,1-3H3;1-2H3. The van der Waals surface area contributed by atoms with Crippen LogP contribution in [0.2, 0.25) is 0 Å². The van der Waals surface area contributed by atoms with Crippen LogP contribution in [0.15, 0.2) is 24.3 Å². The van der Waals surface area contributed by atoms with Crippen LogP contribution in [0.5, 0.6) is 0 Å². The Bertz CT molecular complexity index is 353. The third-order valence-electron chi connectivity index (χ3n) is 4.53. The Labute approximate surface area is 167 Å². The number of rotatable bonds is 7. The van der Waals surface area contributed by atoms with E-state index in [-0.39, 0.29) is 0 Å². The van der Waals surface area contributed by atoms with Crippen molar-refractivity contribution in [1.82, 2.24) is 4.90 Å². The molecule has 0 N–H and O–H groups in total. The van der Waals surface area contributed by atoms with Gasteiger partial charge in [0.1, 0.15) is 0 Å². The molecule has 0 saturated heterocycles. The van der Waals surface area contributed by atoms with E-state index in [4.69, 9.17) is 0 Å². The van der Waals surface area contributed by atoms with Crippen LogP contribution < -0.4 is 0 Å². The minimum atomic E-state index is 0.705. The summed E-state index contributed by atoms with van der Waals surface area (Å²) >= 11 is 0. The normalized spacial score (nSPS) is 10.8. The van der Waals surface area contributed by atoms with E-state index in [0.717, 1.165) is 12.3 Å². The predicted octanol–water partition coefficient (Wildman–Crippen LogP) is 8.19. The molecular formula is C25H51N. The fourth-order valence-corrected chi connectivity index (χ4v) is 1.86. The molecule has 1 nitrogen and oxygen atoms in total. The maximum absolute atomic E-state index is 2.31. The second-order valence-corrected chi connectivity index (χ2v) is 7.10. The summed E-state index contributed by atoms with van der Waals surface area (Å²) in [5, 5.41) is 0. The van der Waals surface area contributed by atoms with Crippen LogP contribution in [-0.2, 0) is 6.42 Å². The Morgan fingerprint density at radius 2 is 1.27 bits per heavy atom. The highest BCUT2D eigenvalue weighted by Crippen LogP contribution is 2.18. The lowest BCUT2D eigenvalue weighted by atomic mass is 9.97. The van der Waals surface area contributed by atoms with Crippen molar-refractivity contribution < 1.29 is 0 Å². The molecule has 0 radical (unpaired) electrons. The molecule has 0 spiro atoms. The summed E-state index contributed by atoms with van der Waals surface area (Å²) in [7, 11) is 2.14. The molecule has 1 aromatic carbocycles. The molecule has 0 aromatic heterocycles. The van der Waals surface area contributed by atoms with Gasteiger partial charge in [0.2, 0.25) is 0 Å². The number of nitrogens with zero attached hydrogens (tertiary/aromatic N) is 1. The first-order valence-electron chi connectivity index (χ1n) is 11.1. The van der Waals surface area contributed by atoms with Gasteiger partial charge in [-0.05, 0) is 62.4 Å². The van der Waals surface area contributed by atoms with Gasteiger partial charge in [0.25, 0.3) is 0 Å². The lowest BCUT2D eigenvalue weighted by molar-refractivity contribution is 0.353. The van der Waals surface area contributed by atoms with Crippen molar-refractivity contribution in [2.45, 2.75) is 101 Å². The minimum Gasteiger partial charge on any atom is -0.307 e. The summed E-state index contributed by atoms with van der Waals surface area (Å²) in [5.74, 6) is 1.59. The van der Waals surface area contributed by atoms with Crippen molar-refractivity contribution in [1.29, 1.82) is 0 Å². The maximum Gasteiger partial charge on any atom is -0.00245 e. The molecule has 0 amide bonds. The molecule has 1 aromatic rings. The van der Waals surface area contributed by atoms with Crippen molar-refractivity contribution in [2.24, 2.45) is 5.92 Å². The molecule has 0 aliphatic rings. The zero-order valence-corrected chi connectivity index (χ0v) is 20.2.